The van der Waals surface area contributed by atoms with Crippen LogP contribution in [0.25, 0.3) is 0 Å². The first-order valence-electron chi connectivity index (χ1n) is 4.90. The van der Waals surface area contributed by atoms with E-state index in [9.17, 15) is 9.18 Å². The molecule has 0 radical (unpaired) electrons. The van der Waals surface area contributed by atoms with Crippen LogP contribution in [-0.2, 0) is 6.54 Å². The van der Waals surface area contributed by atoms with Gasteiger partial charge in [-0.05, 0) is 18.2 Å². The van der Waals surface area contributed by atoms with Crippen molar-refractivity contribution in [1.82, 2.24) is 14.8 Å². The molecule has 1 heterocycles. The van der Waals surface area contributed by atoms with Crippen molar-refractivity contribution in [1.29, 1.82) is 0 Å². The van der Waals surface area contributed by atoms with E-state index in [1.165, 1.54) is 36.6 Å². The summed E-state index contributed by atoms with van der Waals surface area (Å²) in [5.41, 5.74) is 0.197. The molecule has 0 N–H and O–H groups in total. The molecule has 1 aromatic carbocycles. The minimum absolute atomic E-state index is 0.000185. The van der Waals surface area contributed by atoms with Crippen molar-refractivity contribution >= 4 is 5.78 Å². The third-order valence-corrected chi connectivity index (χ3v) is 2.23. The number of benzene rings is 1. The van der Waals surface area contributed by atoms with Gasteiger partial charge in [-0.2, -0.15) is 5.10 Å². The number of hydrogen-bond acceptors (Lipinski definition) is 4. The molecule has 2 aromatic rings. The van der Waals surface area contributed by atoms with Crippen LogP contribution in [0, 0.1) is 5.82 Å². The lowest BCUT2D eigenvalue weighted by molar-refractivity contribution is 0.0964. The van der Waals surface area contributed by atoms with Gasteiger partial charge in [-0.15, -0.1) is 0 Å². The van der Waals surface area contributed by atoms with Crippen LogP contribution < -0.4 is 4.74 Å². The number of hydrogen-bond donors (Lipinski definition) is 0. The fourth-order valence-electron chi connectivity index (χ4n) is 1.44. The predicted octanol–water partition coefficient (Wildman–Crippen LogP) is 1.31. The van der Waals surface area contributed by atoms with E-state index in [4.69, 9.17) is 4.74 Å². The summed E-state index contributed by atoms with van der Waals surface area (Å²) in [4.78, 5) is 15.6. The van der Waals surface area contributed by atoms with Gasteiger partial charge in [-0.1, -0.05) is 0 Å². The second-order valence-corrected chi connectivity index (χ2v) is 3.36. The van der Waals surface area contributed by atoms with Gasteiger partial charge in [0.2, 0.25) is 0 Å². The number of aromatic nitrogens is 3. The van der Waals surface area contributed by atoms with Crippen LogP contribution in [0.1, 0.15) is 10.4 Å². The Morgan fingerprint density at radius 3 is 3.00 bits per heavy atom. The summed E-state index contributed by atoms with van der Waals surface area (Å²) in [5.74, 6) is -0.420. The maximum absolute atomic E-state index is 13.1. The van der Waals surface area contributed by atoms with E-state index in [1.54, 1.807) is 0 Å². The van der Waals surface area contributed by atoms with Crippen LogP contribution in [0.4, 0.5) is 4.39 Å². The van der Waals surface area contributed by atoms with E-state index in [-0.39, 0.29) is 17.9 Å². The quantitative estimate of drug-likeness (QED) is 0.750. The van der Waals surface area contributed by atoms with E-state index in [2.05, 4.69) is 10.1 Å². The summed E-state index contributed by atoms with van der Waals surface area (Å²) >= 11 is 0. The van der Waals surface area contributed by atoms with Crippen LogP contribution in [-0.4, -0.2) is 27.7 Å². The van der Waals surface area contributed by atoms with Crippen LogP contribution in [0.3, 0.4) is 0 Å². The van der Waals surface area contributed by atoms with E-state index in [0.717, 1.165) is 6.07 Å². The molecule has 0 aliphatic rings. The van der Waals surface area contributed by atoms with Crippen LogP contribution in [0.15, 0.2) is 30.9 Å². The lowest BCUT2D eigenvalue weighted by Gasteiger charge is -2.07. The number of Topliss-reactive ketones (excluding diaryl/α,β-unsaturated/α-hetero) is 1. The molecule has 5 nitrogen and oxygen atoms in total. The highest BCUT2D eigenvalue weighted by Crippen LogP contribution is 2.20. The highest BCUT2D eigenvalue weighted by atomic mass is 19.1. The zero-order valence-electron chi connectivity index (χ0n) is 9.13. The Kier molecular flexibility index (Phi) is 3.13. The molecule has 0 spiro atoms. The number of ketones is 1. The molecular formula is C11H10FN3O2. The van der Waals surface area contributed by atoms with E-state index in [0.29, 0.717) is 5.75 Å². The second-order valence-electron chi connectivity index (χ2n) is 3.36. The van der Waals surface area contributed by atoms with Crippen LogP contribution >= 0.6 is 0 Å². The first kappa shape index (κ1) is 11.3. The molecule has 0 aliphatic heterocycles. The average molecular weight is 235 g/mol. The van der Waals surface area contributed by atoms with E-state index < -0.39 is 5.82 Å². The van der Waals surface area contributed by atoms with Crippen molar-refractivity contribution in [3.05, 3.63) is 42.2 Å². The maximum atomic E-state index is 13.1. The van der Waals surface area contributed by atoms with Gasteiger partial charge in [0.25, 0.3) is 0 Å². The first-order chi connectivity index (χ1) is 8.20. The topological polar surface area (TPSA) is 57.0 Å². The number of rotatable bonds is 4. The highest BCUT2D eigenvalue weighted by molar-refractivity contribution is 5.98. The maximum Gasteiger partial charge on any atom is 0.188 e. The fraction of sp³-hybridized carbons (Fsp3) is 0.182. The Morgan fingerprint density at radius 1 is 1.53 bits per heavy atom. The molecule has 2 rings (SSSR count). The summed E-state index contributed by atoms with van der Waals surface area (Å²) in [6.45, 7) is -0.000185. The van der Waals surface area contributed by atoms with Crippen molar-refractivity contribution in [3.8, 4) is 5.75 Å². The Labute approximate surface area is 96.9 Å². The number of ether oxygens (including phenoxy) is 1. The standard InChI is InChI=1S/C11H10FN3O2/c1-17-11-3-2-8(12)4-9(11)10(16)5-15-7-13-6-14-15/h2-4,6-7H,5H2,1H3. The largest absolute Gasteiger partial charge is 0.496 e. The van der Waals surface area contributed by atoms with Crippen molar-refractivity contribution in [3.63, 3.8) is 0 Å². The van der Waals surface area contributed by atoms with Gasteiger partial charge in [-0.3, -0.25) is 4.79 Å². The Balaban J connectivity index is 2.26. The Hall–Kier alpha value is -2.24. The normalized spacial score (nSPS) is 10.2. The average Bonchev–Trinajstić information content (AvgIpc) is 2.81. The zero-order valence-corrected chi connectivity index (χ0v) is 9.13. The molecule has 6 heteroatoms. The summed E-state index contributed by atoms with van der Waals surface area (Å²) in [6, 6.07) is 3.81. The van der Waals surface area contributed by atoms with Gasteiger partial charge >= 0.3 is 0 Å². The van der Waals surface area contributed by atoms with Crippen LogP contribution in [0.5, 0.6) is 5.75 Å². The molecule has 88 valence electrons. The number of nitrogens with zero attached hydrogens (tertiary/aromatic N) is 3. The van der Waals surface area contributed by atoms with Crippen molar-refractivity contribution in [2.75, 3.05) is 7.11 Å². The second kappa shape index (κ2) is 4.73. The van der Waals surface area contributed by atoms with Gasteiger partial charge in [0.1, 0.15) is 30.8 Å². The molecule has 0 fully saturated rings. The van der Waals surface area contributed by atoms with Gasteiger partial charge < -0.3 is 4.74 Å². The van der Waals surface area contributed by atoms with Gasteiger partial charge in [0.15, 0.2) is 5.78 Å². The number of carbonyl (C=O) groups is 1. The molecule has 17 heavy (non-hydrogen) atoms. The molecular weight excluding hydrogens is 225 g/mol. The third kappa shape index (κ3) is 2.47. The van der Waals surface area contributed by atoms with Gasteiger partial charge in [0.05, 0.1) is 12.7 Å². The lowest BCUT2D eigenvalue weighted by Crippen LogP contribution is -2.12. The smallest absolute Gasteiger partial charge is 0.188 e. The highest BCUT2D eigenvalue weighted by Gasteiger charge is 2.14. The third-order valence-electron chi connectivity index (χ3n) is 2.23. The summed E-state index contributed by atoms with van der Waals surface area (Å²) in [5, 5.41) is 3.81. The lowest BCUT2D eigenvalue weighted by atomic mass is 10.1. The van der Waals surface area contributed by atoms with E-state index >= 15 is 0 Å². The van der Waals surface area contributed by atoms with Crippen molar-refractivity contribution in [2.45, 2.75) is 6.54 Å². The Morgan fingerprint density at radius 2 is 2.35 bits per heavy atom. The summed E-state index contributed by atoms with van der Waals surface area (Å²) in [6.07, 6.45) is 2.75. The molecule has 0 amide bonds. The first-order valence-corrected chi connectivity index (χ1v) is 4.90. The SMILES string of the molecule is COc1ccc(F)cc1C(=O)Cn1cncn1. The summed E-state index contributed by atoms with van der Waals surface area (Å²) < 4.78 is 19.5. The van der Waals surface area contributed by atoms with Crippen molar-refractivity contribution < 1.29 is 13.9 Å². The number of carbonyl (C=O) groups excluding carboxylic acids is 1. The van der Waals surface area contributed by atoms with Gasteiger partial charge in [0, 0.05) is 0 Å². The fourth-order valence-corrected chi connectivity index (χ4v) is 1.44. The molecule has 0 saturated carbocycles. The number of methoxy groups -OCH3 is 1. The molecule has 0 unspecified atom stereocenters. The minimum Gasteiger partial charge on any atom is -0.496 e. The Bertz CT molecular complexity index is 526. The monoisotopic (exact) mass is 235 g/mol. The molecule has 0 bridgehead atoms. The van der Waals surface area contributed by atoms with Gasteiger partial charge in [-0.25, -0.2) is 14.1 Å². The van der Waals surface area contributed by atoms with Crippen molar-refractivity contribution in [2.24, 2.45) is 0 Å². The predicted molar refractivity (Wildman–Crippen MR) is 57.3 cm³/mol. The van der Waals surface area contributed by atoms with Crippen LogP contribution in [0.2, 0.25) is 0 Å². The van der Waals surface area contributed by atoms with E-state index in [1.807, 2.05) is 0 Å². The zero-order chi connectivity index (χ0) is 12.3. The number of halogens is 1. The molecule has 0 saturated heterocycles. The summed E-state index contributed by atoms with van der Waals surface area (Å²) in [7, 11) is 1.43. The molecule has 0 atom stereocenters. The minimum atomic E-state index is -0.479. The molecule has 0 aliphatic carbocycles. The molecule has 1 aromatic heterocycles.